The minimum atomic E-state index is -0.900. The molecule has 1 aromatic heterocycles. The summed E-state index contributed by atoms with van der Waals surface area (Å²) in [5, 5.41) is 16.7. The summed E-state index contributed by atoms with van der Waals surface area (Å²) in [6.07, 6.45) is 3.17. The van der Waals surface area contributed by atoms with E-state index in [9.17, 15) is 4.79 Å². The number of aromatic nitrogens is 3. The van der Waals surface area contributed by atoms with E-state index in [1.807, 2.05) is 0 Å². The lowest BCUT2D eigenvalue weighted by atomic mass is 10.2. The SMILES string of the molecule is CCCCCn1nnc(CC(=O)O)c1COC. The smallest absolute Gasteiger partial charge is 0.309 e. The van der Waals surface area contributed by atoms with Crippen molar-refractivity contribution in [1.29, 1.82) is 0 Å². The van der Waals surface area contributed by atoms with Gasteiger partial charge in [-0.25, -0.2) is 4.68 Å². The third kappa shape index (κ3) is 4.14. The zero-order valence-electron chi connectivity index (χ0n) is 10.3. The molecule has 1 heterocycles. The highest BCUT2D eigenvalue weighted by atomic mass is 16.5. The van der Waals surface area contributed by atoms with Crippen LogP contribution in [0.2, 0.25) is 0 Å². The molecule has 17 heavy (non-hydrogen) atoms. The van der Waals surface area contributed by atoms with Crippen LogP contribution in [0, 0.1) is 0 Å². The Hall–Kier alpha value is -1.43. The molecule has 0 saturated carbocycles. The van der Waals surface area contributed by atoms with Gasteiger partial charge in [-0.05, 0) is 6.42 Å². The number of ether oxygens (including phenoxy) is 1. The van der Waals surface area contributed by atoms with E-state index in [1.165, 1.54) is 0 Å². The number of carboxylic acid groups (broad SMARTS) is 1. The fourth-order valence-corrected chi connectivity index (χ4v) is 1.64. The molecule has 0 aliphatic rings. The summed E-state index contributed by atoms with van der Waals surface area (Å²) in [4.78, 5) is 10.7. The molecule has 0 aromatic carbocycles. The maximum Gasteiger partial charge on any atom is 0.309 e. The molecule has 0 atom stereocenters. The van der Waals surface area contributed by atoms with Gasteiger partial charge in [0.2, 0.25) is 0 Å². The molecule has 0 aliphatic carbocycles. The Kier molecular flexibility index (Phi) is 5.62. The van der Waals surface area contributed by atoms with Gasteiger partial charge >= 0.3 is 5.97 Å². The van der Waals surface area contributed by atoms with E-state index in [2.05, 4.69) is 17.2 Å². The summed E-state index contributed by atoms with van der Waals surface area (Å²) >= 11 is 0. The maximum atomic E-state index is 10.7. The number of hydrogen-bond donors (Lipinski definition) is 1. The molecular formula is C11H19N3O3. The lowest BCUT2D eigenvalue weighted by molar-refractivity contribution is -0.136. The summed E-state index contributed by atoms with van der Waals surface area (Å²) in [5.41, 5.74) is 1.27. The van der Waals surface area contributed by atoms with E-state index < -0.39 is 5.97 Å². The van der Waals surface area contributed by atoms with Gasteiger partial charge in [0.05, 0.1) is 24.4 Å². The van der Waals surface area contributed by atoms with E-state index in [-0.39, 0.29) is 6.42 Å². The first-order chi connectivity index (χ1) is 8.19. The molecule has 0 spiro atoms. The molecule has 1 rings (SSSR count). The fraction of sp³-hybridized carbons (Fsp3) is 0.727. The number of aliphatic carboxylic acids is 1. The Morgan fingerprint density at radius 2 is 2.24 bits per heavy atom. The van der Waals surface area contributed by atoms with Gasteiger partial charge in [0.1, 0.15) is 0 Å². The normalized spacial score (nSPS) is 10.7. The standard InChI is InChI=1S/C11H19N3O3/c1-3-4-5-6-14-10(8-17-2)9(12-13-14)7-11(15)16/h3-8H2,1-2H3,(H,15,16). The average Bonchev–Trinajstić information content (AvgIpc) is 2.62. The zero-order chi connectivity index (χ0) is 12.7. The predicted molar refractivity (Wildman–Crippen MR) is 61.6 cm³/mol. The molecule has 96 valence electrons. The van der Waals surface area contributed by atoms with E-state index >= 15 is 0 Å². The maximum absolute atomic E-state index is 10.7. The van der Waals surface area contributed by atoms with Crippen LogP contribution >= 0.6 is 0 Å². The number of hydrogen-bond acceptors (Lipinski definition) is 4. The van der Waals surface area contributed by atoms with Crippen LogP contribution in [0.15, 0.2) is 0 Å². The van der Waals surface area contributed by atoms with Crippen molar-refractivity contribution < 1.29 is 14.6 Å². The molecule has 0 unspecified atom stereocenters. The first kappa shape index (κ1) is 13.6. The molecule has 1 N–H and O–H groups in total. The highest BCUT2D eigenvalue weighted by molar-refractivity contribution is 5.69. The van der Waals surface area contributed by atoms with Gasteiger partial charge in [0, 0.05) is 13.7 Å². The Balaban J connectivity index is 2.74. The number of unbranched alkanes of at least 4 members (excludes halogenated alkanes) is 2. The van der Waals surface area contributed by atoms with Crippen LogP contribution in [0.4, 0.5) is 0 Å². The second-order valence-corrected chi connectivity index (χ2v) is 3.92. The van der Waals surface area contributed by atoms with Gasteiger partial charge in [-0.1, -0.05) is 25.0 Å². The van der Waals surface area contributed by atoms with Crippen molar-refractivity contribution in [2.24, 2.45) is 0 Å². The van der Waals surface area contributed by atoms with Crippen molar-refractivity contribution in [3.05, 3.63) is 11.4 Å². The van der Waals surface area contributed by atoms with Gasteiger partial charge in [0.15, 0.2) is 0 Å². The van der Waals surface area contributed by atoms with Crippen molar-refractivity contribution in [2.75, 3.05) is 7.11 Å². The van der Waals surface area contributed by atoms with Crippen molar-refractivity contribution in [2.45, 2.75) is 45.8 Å². The Bertz CT molecular complexity index is 363. The van der Waals surface area contributed by atoms with Crippen LogP contribution in [0.25, 0.3) is 0 Å². The summed E-state index contributed by atoms with van der Waals surface area (Å²) in [5.74, 6) is -0.900. The van der Waals surface area contributed by atoms with Crippen molar-refractivity contribution in [3.8, 4) is 0 Å². The summed E-state index contributed by atoms with van der Waals surface area (Å²) in [6.45, 7) is 3.24. The topological polar surface area (TPSA) is 77.2 Å². The van der Waals surface area contributed by atoms with Crippen molar-refractivity contribution >= 4 is 5.97 Å². The highest BCUT2D eigenvalue weighted by Gasteiger charge is 2.15. The Morgan fingerprint density at radius 3 is 2.82 bits per heavy atom. The second-order valence-electron chi connectivity index (χ2n) is 3.92. The Labute approximate surface area is 101 Å². The minimum absolute atomic E-state index is 0.105. The number of carbonyl (C=O) groups is 1. The molecule has 0 bridgehead atoms. The number of nitrogens with zero attached hydrogens (tertiary/aromatic N) is 3. The van der Waals surface area contributed by atoms with Crippen LogP contribution in [-0.4, -0.2) is 33.2 Å². The molecule has 0 aliphatic heterocycles. The quantitative estimate of drug-likeness (QED) is 0.693. The van der Waals surface area contributed by atoms with E-state index in [0.717, 1.165) is 31.5 Å². The monoisotopic (exact) mass is 241 g/mol. The lowest BCUT2D eigenvalue weighted by Gasteiger charge is -2.06. The molecule has 6 nitrogen and oxygen atoms in total. The number of carboxylic acids is 1. The summed E-state index contributed by atoms with van der Waals surface area (Å²) in [7, 11) is 1.58. The lowest BCUT2D eigenvalue weighted by Crippen LogP contribution is -2.09. The molecule has 0 saturated heterocycles. The predicted octanol–water partition coefficient (Wildman–Crippen LogP) is 1.24. The average molecular weight is 241 g/mol. The summed E-state index contributed by atoms with van der Waals surface area (Å²) in [6, 6.07) is 0. The van der Waals surface area contributed by atoms with E-state index in [4.69, 9.17) is 9.84 Å². The molecular weight excluding hydrogens is 222 g/mol. The second kappa shape index (κ2) is 7.01. The van der Waals surface area contributed by atoms with E-state index in [1.54, 1.807) is 11.8 Å². The first-order valence-corrected chi connectivity index (χ1v) is 5.81. The number of rotatable bonds is 8. The molecule has 0 radical (unpaired) electrons. The zero-order valence-corrected chi connectivity index (χ0v) is 10.3. The first-order valence-electron chi connectivity index (χ1n) is 5.81. The molecule has 6 heteroatoms. The number of aryl methyl sites for hydroxylation is 1. The van der Waals surface area contributed by atoms with Gasteiger partial charge in [-0.3, -0.25) is 4.79 Å². The highest BCUT2D eigenvalue weighted by Crippen LogP contribution is 2.09. The van der Waals surface area contributed by atoms with Gasteiger partial charge in [0.25, 0.3) is 0 Å². The largest absolute Gasteiger partial charge is 0.481 e. The van der Waals surface area contributed by atoms with Gasteiger partial charge < -0.3 is 9.84 Å². The van der Waals surface area contributed by atoms with Crippen LogP contribution < -0.4 is 0 Å². The van der Waals surface area contributed by atoms with Crippen molar-refractivity contribution in [3.63, 3.8) is 0 Å². The molecule has 1 aromatic rings. The van der Waals surface area contributed by atoms with Crippen molar-refractivity contribution in [1.82, 2.24) is 15.0 Å². The van der Waals surface area contributed by atoms with Gasteiger partial charge in [-0.2, -0.15) is 0 Å². The third-order valence-corrected chi connectivity index (χ3v) is 2.49. The summed E-state index contributed by atoms with van der Waals surface area (Å²) < 4.78 is 6.81. The number of methoxy groups -OCH3 is 1. The molecule has 0 fully saturated rings. The molecule has 0 amide bonds. The van der Waals surface area contributed by atoms with Gasteiger partial charge in [-0.15, -0.1) is 5.10 Å². The van der Waals surface area contributed by atoms with E-state index in [0.29, 0.717) is 12.3 Å². The minimum Gasteiger partial charge on any atom is -0.481 e. The van der Waals surface area contributed by atoms with Crippen LogP contribution in [-0.2, 0) is 29.1 Å². The Morgan fingerprint density at radius 1 is 1.47 bits per heavy atom. The van der Waals surface area contributed by atoms with Crippen LogP contribution in [0.5, 0.6) is 0 Å². The van der Waals surface area contributed by atoms with Crippen LogP contribution in [0.3, 0.4) is 0 Å². The third-order valence-electron chi connectivity index (χ3n) is 2.49. The fourth-order valence-electron chi connectivity index (χ4n) is 1.64. The van der Waals surface area contributed by atoms with Crippen LogP contribution in [0.1, 0.15) is 37.6 Å².